The maximum absolute atomic E-state index is 6.16. The zero-order valence-corrected chi connectivity index (χ0v) is 34.5. The Bertz CT molecular complexity index is 3370. The molecule has 63 heavy (non-hydrogen) atoms. The number of nitrogens with zero attached hydrogens (tertiary/aromatic N) is 1. The van der Waals surface area contributed by atoms with Gasteiger partial charge in [-0.2, -0.15) is 0 Å². The van der Waals surface area contributed by atoms with E-state index in [1.807, 2.05) is 12.1 Å². The lowest BCUT2D eigenvalue weighted by molar-refractivity contribution is 0.669. The van der Waals surface area contributed by atoms with Crippen molar-refractivity contribution in [2.45, 2.75) is 5.41 Å². The standard InChI is InChI=1S/C61H41NO/c1-3-14-42(15-4-1)43-26-28-44(29-27-43)46-16-13-19-52(40-46)62(50-35-30-45(31-36-50)47-32-39-60-56(41-47)55-22-9-12-25-59(55)63-60)51-37-33-49(34-38-51)61(48-17-5-2-6-18-48)57-23-10-7-20-53(57)54-21-8-11-24-58(54)61/h1-41H. The second-order valence-corrected chi connectivity index (χ2v) is 16.4. The first-order chi connectivity index (χ1) is 31.2. The van der Waals surface area contributed by atoms with Crippen LogP contribution in [-0.2, 0) is 5.41 Å². The molecule has 0 atom stereocenters. The molecule has 1 aliphatic rings. The van der Waals surface area contributed by atoms with Crippen molar-refractivity contribution in [1.82, 2.24) is 0 Å². The highest BCUT2D eigenvalue weighted by Crippen LogP contribution is 2.56. The Hall–Kier alpha value is -8.20. The summed E-state index contributed by atoms with van der Waals surface area (Å²) in [4.78, 5) is 2.38. The lowest BCUT2D eigenvalue weighted by atomic mass is 9.68. The molecule has 0 aliphatic heterocycles. The smallest absolute Gasteiger partial charge is 0.135 e. The van der Waals surface area contributed by atoms with Crippen molar-refractivity contribution in [3.63, 3.8) is 0 Å². The van der Waals surface area contributed by atoms with Gasteiger partial charge in [0.2, 0.25) is 0 Å². The summed E-state index contributed by atoms with van der Waals surface area (Å²) in [6, 6.07) is 90.3. The van der Waals surface area contributed by atoms with Crippen LogP contribution in [0.3, 0.4) is 0 Å². The van der Waals surface area contributed by atoms with Gasteiger partial charge >= 0.3 is 0 Å². The highest BCUT2D eigenvalue weighted by atomic mass is 16.3. The maximum atomic E-state index is 6.16. The molecule has 0 unspecified atom stereocenters. The maximum Gasteiger partial charge on any atom is 0.135 e. The van der Waals surface area contributed by atoms with E-state index in [2.05, 4.69) is 241 Å². The molecule has 296 valence electrons. The third-order valence-electron chi connectivity index (χ3n) is 13.0. The van der Waals surface area contributed by atoms with Gasteiger partial charge in [-0.15, -0.1) is 0 Å². The SMILES string of the molecule is c1ccc(-c2ccc(-c3cccc(N(c4ccc(-c5ccc6oc7ccccc7c6c5)cc4)c4ccc(C5(c6ccccc6)c6ccccc6-c6ccccc65)cc4)c3)cc2)cc1. The fourth-order valence-corrected chi connectivity index (χ4v) is 10.0. The van der Waals surface area contributed by atoms with Crippen molar-refractivity contribution in [3.05, 3.63) is 271 Å². The molecule has 0 fully saturated rings. The molecule has 2 nitrogen and oxygen atoms in total. The predicted octanol–water partition coefficient (Wildman–Crippen LogP) is 16.4. The molecule has 0 amide bonds. The van der Waals surface area contributed by atoms with Crippen LogP contribution in [0.25, 0.3) is 66.4 Å². The number of fused-ring (bicyclic) bond motifs is 6. The van der Waals surface area contributed by atoms with Crippen LogP contribution in [0.1, 0.15) is 22.3 Å². The van der Waals surface area contributed by atoms with Gasteiger partial charge in [0.1, 0.15) is 11.2 Å². The number of hydrogen-bond donors (Lipinski definition) is 0. The summed E-state index contributed by atoms with van der Waals surface area (Å²) < 4.78 is 6.16. The Labute approximate surface area is 367 Å². The van der Waals surface area contributed by atoms with E-state index in [1.165, 1.54) is 50.1 Å². The number of furan rings is 1. The molecule has 0 bridgehead atoms. The molecule has 0 radical (unpaired) electrons. The Balaban J connectivity index is 0.977. The van der Waals surface area contributed by atoms with Crippen LogP contribution >= 0.6 is 0 Å². The lowest BCUT2D eigenvalue weighted by Crippen LogP contribution is -2.28. The monoisotopic (exact) mass is 803 g/mol. The van der Waals surface area contributed by atoms with Gasteiger partial charge in [-0.25, -0.2) is 0 Å². The molecular weight excluding hydrogens is 763 g/mol. The summed E-state index contributed by atoms with van der Waals surface area (Å²) in [7, 11) is 0. The fourth-order valence-electron chi connectivity index (χ4n) is 10.0. The van der Waals surface area contributed by atoms with Crippen LogP contribution < -0.4 is 4.90 Å². The topological polar surface area (TPSA) is 16.4 Å². The Morgan fingerprint density at radius 3 is 1.43 bits per heavy atom. The van der Waals surface area contributed by atoms with Gasteiger partial charge in [0, 0.05) is 27.8 Å². The fraction of sp³-hybridized carbons (Fsp3) is 0.0164. The summed E-state index contributed by atoms with van der Waals surface area (Å²) in [6.07, 6.45) is 0. The summed E-state index contributed by atoms with van der Waals surface area (Å²) in [5.41, 5.74) is 19.3. The van der Waals surface area contributed by atoms with Crippen molar-refractivity contribution in [3.8, 4) is 44.5 Å². The molecule has 11 aromatic rings. The summed E-state index contributed by atoms with van der Waals surface area (Å²) in [5.74, 6) is 0. The van der Waals surface area contributed by atoms with E-state index < -0.39 is 5.41 Å². The van der Waals surface area contributed by atoms with Crippen LogP contribution in [0.15, 0.2) is 253 Å². The molecule has 1 heterocycles. The van der Waals surface area contributed by atoms with E-state index >= 15 is 0 Å². The van der Waals surface area contributed by atoms with Crippen molar-refractivity contribution < 1.29 is 4.42 Å². The number of rotatable bonds is 8. The number of benzene rings is 10. The van der Waals surface area contributed by atoms with Crippen LogP contribution in [0.4, 0.5) is 17.1 Å². The van der Waals surface area contributed by atoms with Gasteiger partial charge in [-0.05, 0) is 121 Å². The van der Waals surface area contributed by atoms with Crippen LogP contribution in [0.5, 0.6) is 0 Å². The van der Waals surface area contributed by atoms with Crippen molar-refractivity contribution in [1.29, 1.82) is 0 Å². The molecule has 1 aromatic heterocycles. The number of para-hydroxylation sites is 1. The summed E-state index contributed by atoms with van der Waals surface area (Å²) in [6.45, 7) is 0. The lowest BCUT2D eigenvalue weighted by Gasteiger charge is -2.34. The minimum Gasteiger partial charge on any atom is -0.456 e. The highest BCUT2D eigenvalue weighted by Gasteiger charge is 2.45. The van der Waals surface area contributed by atoms with E-state index in [1.54, 1.807) is 0 Å². The zero-order chi connectivity index (χ0) is 41.7. The van der Waals surface area contributed by atoms with E-state index in [0.29, 0.717) is 0 Å². The van der Waals surface area contributed by atoms with E-state index in [4.69, 9.17) is 4.42 Å². The Morgan fingerprint density at radius 2 is 0.746 bits per heavy atom. The molecule has 10 aromatic carbocycles. The minimum atomic E-state index is -0.466. The first kappa shape index (κ1) is 36.6. The number of anilines is 3. The average Bonchev–Trinajstić information content (AvgIpc) is 3.89. The second kappa shape index (κ2) is 15.1. The largest absolute Gasteiger partial charge is 0.456 e. The van der Waals surface area contributed by atoms with Crippen molar-refractivity contribution >= 4 is 39.0 Å². The van der Waals surface area contributed by atoms with Gasteiger partial charge in [-0.1, -0.05) is 194 Å². The van der Waals surface area contributed by atoms with E-state index in [9.17, 15) is 0 Å². The van der Waals surface area contributed by atoms with Crippen LogP contribution in [0.2, 0.25) is 0 Å². The molecular formula is C61H41NO. The number of hydrogen-bond acceptors (Lipinski definition) is 2. The van der Waals surface area contributed by atoms with Gasteiger partial charge in [-0.3, -0.25) is 0 Å². The quantitative estimate of drug-likeness (QED) is 0.152. The summed E-state index contributed by atoms with van der Waals surface area (Å²) >= 11 is 0. The molecule has 0 N–H and O–H groups in total. The highest BCUT2D eigenvalue weighted by molar-refractivity contribution is 6.06. The van der Waals surface area contributed by atoms with Gasteiger partial charge < -0.3 is 9.32 Å². The van der Waals surface area contributed by atoms with Crippen LogP contribution in [0, 0.1) is 0 Å². The summed E-state index contributed by atoms with van der Waals surface area (Å²) in [5, 5.41) is 2.26. The van der Waals surface area contributed by atoms with Gasteiger partial charge in [0.25, 0.3) is 0 Å². The van der Waals surface area contributed by atoms with Crippen molar-refractivity contribution in [2.75, 3.05) is 4.90 Å². The third kappa shape index (κ3) is 6.10. The average molecular weight is 804 g/mol. The normalized spacial score (nSPS) is 12.6. The molecule has 0 saturated carbocycles. The Morgan fingerprint density at radius 1 is 0.286 bits per heavy atom. The molecule has 2 heteroatoms. The van der Waals surface area contributed by atoms with Gasteiger partial charge in [0.15, 0.2) is 0 Å². The predicted molar refractivity (Wildman–Crippen MR) is 262 cm³/mol. The minimum absolute atomic E-state index is 0.466. The molecule has 12 rings (SSSR count). The molecule has 0 spiro atoms. The first-order valence-electron chi connectivity index (χ1n) is 21.7. The van der Waals surface area contributed by atoms with E-state index in [-0.39, 0.29) is 0 Å². The third-order valence-corrected chi connectivity index (χ3v) is 13.0. The van der Waals surface area contributed by atoms with Crippen LogP contribution in [-0.4, -0.2) is 0 Å². The van der Waals surface area contributed by atoms with Crippen molar-refractivity contribution in [2.24, 2.45) is 0 Å². The Kier molecular flexibility index (Phi) is 8.76. The molecule has 0 saturated heterocycles. The van der Waals surface area contributed by atoms with E-state index in [0.717, 1.165) is 55.7 Å². The first-order valence-corrected chi connectivity index (χ1v) is 21.7. The van der Waals surface area contributed by atoms with Gasteiger partial charge in [0.05, 0.1) is 5.41 Å². The second-order valence-electron chi connectivity index (χ2n) is 16.4. The zero-order valence-electron chi connectivity index (χ0n) is 34.5. The molecule has 1 aliphatic carbocycles.